The molecule has 4 nitrogen and oxygen atoms in total. The Bertz CT molecular complexity index is 194. The molecule has 0 saturated carbocycles. The van der Waals surface area contributed by atoms with Crippen LogP contribution in [0.5, 0.6) is 0 Å². The van der Waals surface area contributed by atoms with Gasteiger partial charge < -0.3 is 10.1 Å². The second-order valence-corrected chi connectivity index (χ2v) is 4.45. The lowest BCUT2D eigenvalue weighted by Gasteiger charge is -1.96. The minimum absolute atomic E-state index is 0.0289. The van der Waals surface area contributed by atoms with Crippen molar-refractivity contribution in [3.05, 3.63) is 0 Å². The van der Waals surface area contributed by atoms with Crippen molar-refractivity contribution in [1.82, 2.24) is 5.32 Å². The zero-order valence-corrected chi connectivity index (χ0v) is 8.68. The van der Waals surface area contributed by atoms with E-state index in [4.69, 9.17) is 0 Å². The number of aldehydes is 1. The molecule has 1 atom stereocenters. The zero-order chi connectivity index (χ0) is 10.1. The fraction of sp³-hybridized carbons (Fsp3) is 0.750. The highest BCUT2D eigenvalue weighted by Gasteiger charge is 2.13. The lowest BCUT2D eigenvalue weighted by molar-refractivity contribution is -0.120. The topological polar surface area (TPSA) is 63.2 Å². The molecule has 0 spiro atoms. The molecule has 1 N–H and O–H groups in total. The second kappa shape index (κ2) is 7.87. The van der Waals surface area contributed by atoms with Gasteiger partial charge in [-0.2, -0.15) is 0 Å². The van der Waals surface area contributed by atoms with Crippen molar-refractivity contribution in [3.8, 4) is 0 Å². The highest BCUT2D eigenvalue weighted by molar-refractivity contribution is 7.44. The van der Waals surface area contributed by atoms with Gasteiger partial charge in [0.25, 0.3) is 0 Å². The Morgan fingerprint density at radius 3 is 2.69 bits per heavy atom. The molecule has 0 aliphatic heterocycles. The third kappa shape index (κ3) is 7.60. The molecular formula is C8H15NO3P+. The molecule has 0 saturated heterocycles. The van der Waals surface area contributed by atoms with Crippen molar-refractivity contribution in [2.45, 2.75) is 19.8 Å². The van der Waals surface area contributed by atoms with Gasteiger partial charge in [-0.3, -0.25) is 4.79 Å². The predicted molar refractivity (Wildman–Crippen MR) is 51.3 cm³/mol. The van der Waals surface area contributed by atoms with E-state index in [9.17, 15) is 14.2 Å². The Morgan fingerprint density at radius 1 is 1.46 bits per heavy atom. The van der Waals surface area contributed by atoms with Crippen molar-refractivity contribution in [1.29, 1.82) is 0 Å². The lowest BCUT2D eigenvalue weighted by atomic mass is 10.4. The van der Waals surface area contributed by atoms with Crippen LogP contribution >= 0.6 is 7.80 Å². The molecule has 0 radical (unpaired) electrons. The monoisotopic (exact) mass is 204 g/mol. The van der Waals surface area contributed by atoms with Gasteiger partial charge in [0.1, 0.15) is 6.29 Å². The highest BCUT2D eigenvalue weighted by Crippen LogP contribution is 2.19. The van der Waals surface area contributed by atoms with Crippen molar-refractivity contribution in [2.24, 2.45) is 0 Å². The molecule has 0 heterocycles. The third-order valence-electron chi connectivity index (χ3n) is 1.50. The van der Waals surface area contributed by atoms with E-state index in [0.717, 1.165) is 6.29 Å². The summed E-state index contributed by atoms with van der Waals surface area (Å²) in [6, 6.07) is 0. The average Bonchev–Trinajstić information content (AvgIpc) is 2.14. The first kappa shape index (κ1) is 12.2. The van der Waals surface area contributed by atoms with E-state index in [1.807, 2.05) is 0 Å². The Labute approximate surface area is 78.9 Å². The smallest absolute Gasteiger partial charge is 0.340 e. The van der Waals surface area contributed by atoms with Gasteiger partial charge in [0.2, 0.25) is 5.91 Å². The Balaban J connectivity index is 3.36. The van der Waals surface area contributed by atoms with E-state index >= 15 is 0 Å². The van der Waals surface area contributed by atoms with E-state index in [1.165, 1.54) is 0 Å². The standard InChI is InChI=1S/C8H14NO3P/c1-2-8(11)9-4-7-13(12)6-3-5-10/h5H,2-4,6-7H2,1H3/p+1. The van der Waals surface area contributed by atoms with Gasteiger partial charge in [-0.15, -0.1) is 0 Å². The van der Waals surface area contributed by atoms with Crippen LogP contribution in [0.2, 0.25) is 0 Å². The molecule has 1 amide bonds. The van der Waals surface area contributed by atoms with Crippen LogP contribution in [-0.2, 0) is 14.2 Å². The molecule has 0 rings (SSSR count). The van der Waals surface area contributed by atoms with Gasteiger partial charge in [0.05, 0.1) is 6.54 Å². The van der Waals surface area contributed by atoms with Crippen LogP contribution in [0.1, 0.15) is 19.8 Å². The summed E-state index contributed by atoms with van der Waals surface area (Å²) in [6.45, 7) is 2.21. The number of hydrogen-bond acceptors (Lipinski definition) is 3. The van der Waals surface area contributed by atoms with E-state index in [1.54, 1.807) is 6.92 Å². The number of nitrogens with one attached hydrogen (secondary N) is 1. The van der Waals surface area contributed by atoms with Gasteiger partial charge in [-0.1, -0.05) is 11.5 Å². The minimum atomic E-state index is -1.32. The van der Waals surface area contributed by atoms with Crippen LogP contribution in [-0.4, -0.2) is 31.1 Å². The van der Waals surface area contributed by atoms with E-state index in [2.05, 4.69) is 5.32 Å². The molecule has 0 aromatic rings. The van der Waals surface area contributed by atoms with Gasteiger partial charge >= 0.3 is 7.80 Å². The fourth-order valence-electron chi connectivity index (χ4n) is 0.754. The zero-order valence-electron chi connectivity index (χ0n) is 7.78. The first-order valence-electron chi connectivity index (χ1n) is 4.33. The molecule has 0 aliphatic rings. The van der Waals surface area contributed by atoms with Crippen LogP contribution in [0.15, 0.2) is 0 Å². The molecule has 13 heavy (non-hydrogen) atoms. The SMILES string of the molecule is CCC(=O)NCC[P+](=O)CCC=O. The number of amides is 1. The van der Waals surface area contributed by atoms with Crippen LogP contribution < -0.4 is 5.32 Å². The van der Waals surface area contributed by atoms with Gasteiger partial charge in [-0.25, -0.2) is 0 Å². The Morgan fingerprint density at radius 2 is 2.15 bits per heavy atom. The van der Waals surface area contributed by atoms with E-state index < -0.39 is 7.80 Å². The highest BCUT2D eigenvalue weighted by atomic mass is 31.1. The van der Waals surface area contributed by atoms with Crippen LogP contribution in [0, 0.1) is 0 Å². The number of carbonyl (C=O) groups is 2. The van der Waals surface area contributed by atoms with Gasteiger partial charge in [-0.05, 0) is 0 Å². The van der Waals surface area contributed by atoms with Crippen LogP contribution in [0.4, 0.5) is 0 Å². The van der Waals surface area contributed by atoms with Gasteiger partial charge in [0.15, 0.2) is 12.3 Å². The molecule has 0 aromatic carbocycles. The molecule has 1 unspecified atom stereocenters. The average molecular weight is 204 g/mol. The first-order chi connectivity index (χ1) is 6.20. The second-order valence-electron chi connectivity index (χ2n) is 2.59. The van der Waals surface area contributed by atoms with Crippen LogP contribution in [0.25, 0.3) is 0 Å². The Hall–Kier alpha value is -0.760. The normalized spacial score (nSPS) is 10.7. The summed E-state index contributed by atoms with van der Waals surface area (Å²) in [7, 11) is -1.32. The maximum absolute atomic E-state index is 11.1. The molecule has 5 heteroatoms. The summed E-state index contributed by atoms with van der Waals surface area (Å²) in [5, 5.41) is 2.63. The van der Waals surface area contributed by atoms with Crippen molar-refractivity contribution < 1.29 is 14.2 Å². The Kier molecular flexibility index (Phi) is 7.41. The minimum Gasteiger partial charge on any atom is -0.352 e. The van der Waals surface area contributed by atoms with E-state index in [-0.39, 0.29) is 5.91 Å². The molecule has 0 fully saturated rings. The maximum atomic E-state index is 11.1. The molecule has 74 valence electrons. The third-order valence-corrected chi connectivity index (χ3v) is 2.98. The lowest BCUT2D eigenvalue weighted by Crippen LogP contribution is -2.24. The molecule has 0 aromatic heterocycles. The summed E-state index contributed by atoms with van der Waals surface area (Å²) >= 11 is 0. The summed E-state index contributed by atoms with van der Waals surface area (Å²) in [6.07, 6.45) is 2.45. The van der Waals surface area contributed by atoms with Gasteiger partial charge in [0, 0.05) is 12.8 Å². The largest absolute Gasteiger partial charge is 0.352 e. The van der Waals surface area contributed by atoms with E-state index in [0.29, 0.717) is 31.7 Å². The van der Waals surface area contributed by atoms with Crippen molar-refractivity contribution in [2.75, 3.05) is 18.9 Å². The number of carbonyl (C=O) groups excluding carboxylic acids is 2. The fourth-order valence-corrected chi connectivity index (χ4v) is 1.73. The molecule has 0 aliphatic carbocycles. The number of hydrogen-bond donors (Lipinski definition) is 1. The summed E-state index contributed by atoms with van der Waals surface area (Å²) < 4.78 is 11.1. The predicted octanol–water partition coefficient (Wildman–Crippen LogP) is 0.929. The summed E-state index contributed by atoms with van der Waals surface area (Å²) in [5.74, 6) is -0.0289. The first-order valence-corrected chi connectivity index (χ1v) is 5.96. The molecular weight excluding hydrogens is 189 g/mol. The quantitative estimate of drug-likeness (QED) is 0.495. The van der Waals surface area contributed by atoms with Crippen molar-refractivity contribution in [3.63, 3.8) is 0 Å². The molecule has 0 bridgehead atoms. The number of rotatable bonds is 7. The summed E-state index contributed by atoms with van der Waals surface area (Å²) in [4.78, 5) is 20.7. The van der Waals surface area contributed by atoms with Crippen LogP contribution in [0.3, 0.4) is 0 Å². The summed E-state index contributed by atoms with van der Waals surface area (Å²) in [5.41, 5.74) is 0. The van der Waals surface area contributed by atoms with Crippen molar-refractivity contribution >= 4 is 20.0 Å². The maximum Gasteiger partial charge on any atom is 0.340 e.